The highest BCUT2D eigenvalue weighted by Gasteiger charge is 2.33. The molecule has 0 saturated carbocycles. The van der Waals surface area contributed by atoms with E-state index in [9.17, 15) is 9.59 Å². The number of aromatic nitrogens is 1. The van der Waals surface area contributed by atoms with Crippen molar-refractivity contribution in [2.75, 3.05) is 37.7 Å². The molecule has 0 spiro atoms. The van der Waals surface area contributed by atoms with E-state index in [1.807, 2.05) is 36.5 Å². The van der Waals surface area contributed by atoms with Gasteiger partial charge >= 0.3 is 0 Å². The molecule has 2 atom stereocenters. The number of carbonyl (C=O) groups is 2. The molecule has 1 aromatic carbocycles. The van der Waals surface area contributed by atoms with Gasteiger partial charge in [-0.15, -0.1) is 0 Å². The number of nitrogens with one attached hydrogen (secondary N) is 1. The summed E-state index contributed by atoms with van der Waals surface area (Å²) in [5, 5.41) is 2.97. The lowest BCUT2D eigenvalue weighted by Crippen LogP contribution is -2.41. The number of ether oxygens (including phenoxy) is 1. The van der Waals surface area contributed by atoms with Crippen LogP contribution in [-0.2, 0) is 27.3 Å². The molecular weight excluding hydrogens is 392 g/mol. The Bertz CT molecular complexity index is 887. The van der Waals surface area contributed by atoms with Gasteiger partial charge in [0.05, 0.1) is 18.6 Å². The molecule has 2 fully saturated rings. The van der Waals surface area contributed by atoms with Crippen LogP contribution in [0.15, 0.2) is 48.7 Å². The van der Waals surface area contributed by atoms with Crippen LogP contribution >= 0.6 is 0 Å². The number of anilines is 1. The highest BCUT2D eigenvalue weighted by Crippen LogP contribution is 2.19. The Hall–Kier alpha value is -2.93. The Balaban J connectivity index is 1.23. The Morgan fingerprint density at radius 3 is 2.74 bits per heavy atom. The van der Waals surface area contributed by atoms with Gasteiger partial charge in [-0.25, -0.2) is 4.98 Å². The summed E-state index contributed by atoms with van der Waals surface area (Å²) < 4.78 is 5.58. The van der Waals surface area contributed by atoms with E-state index >= 15 is 0 Å². The van der Waals surface area contributed by atoms with Crippen LogP contribution in [0.5, 0.6) is 0 Å². The van der Waals surface area contributed by atoms with Crippen LogP contribution in [-0.4, -0.2) is 60.6 Å². The van der Waals surface area contributed by atoms with Gasteiger partial charge < -0.3 is 19.9 Å². The van der Waals surface area contributed by atoms with E-state index in [0.717, 1.165) is 30.9 Å². The molecule has 7 heteroatoms. The van der Waals surface area contributed by atoms with Gasteiger partial charge in [-0.05, 0) is 30.5 Å². The summed E-state index contributed by atoms with van der Waals surface area (Å²) in [5.74, 6) is 0.634. The third kappa shape index (κ3) is 5.61. The summed E-state index contributed by atoms with van der Waals surface area (Å²) in [6.07, 6.45) is 3.10. The van der Waals surface area contributed by atoms with E-state index in [0.29, 0.717) is 26.2 Å². The Morgan fingerprint density at radius 2 is 2.00 bits per heavy atom. The number of carbonyl (C=O) groups excluding carboxylic acids is 2. The van der Waals surface area contributed by atoms with Crippen LogP contribution in [0.4, 0.5) is 5.82 Å². The molecule has 0 aliphatic carbocycles. The fraction of sp³-hybridized carbons (Fsp3) is 0.458. The summed E-state index contributed by atoms with van der Waals surface area (Å²) >= 11 is 0. The molecule has 3 heterocycles. The lowest BCUT2D eigenvalue weighted by atomic mass is 10.1. The van der Waals surface area contributed by atoms with Crippen LogP contribution in [0.1, 0.15) is 24.5 Å². The molecule has 31 heavy (non-hydrogen) atoms. The molecule has 164 valence electrons. The van der Waals surface area contributed by atoms with E-state index < -0.39 is 0 Å². The zero-order valence-electron chi connectivity index (χ0n) is 18.0. The van der Waals surface area contributed by atoms with E-state index in [1.165, 1.54) is 5.56 Å². The van der Waals surface area contributed by atoms with Gasteiger partial charge in [-0.2, -0.15) is 0 Å². The molecule has 2 unspecified atom stereocenters. The van der Waals surface area contributed by atoms with Gasteiger partial charge in [0.25, 0.3) is 0 Å². The minimum Gasteiger partial charge on any atom is -0.375 e. The Morgan fingerprint density at radius 1 is 1.16 bits per heavy atom. The van der Waals surface area contributed by atoms with Crippen LogP contribution in [0.25, 0.3) is 0 Å². The van der Waals surface area contributed by atoms with Gasteiger partial charge in [0, 0.05) is 45.3 Å². The number of amides is 2. The molecular formula is C24H30N4O3. The average Bonchev–Trinajstić information content (AvgIpc) is 3.18. The zero-order valence-corrected chi connectivity index (χ0v) is 18.0. The van der Waals surface area contributed by atoms with Gasteiger partial charge in [0.15, 0.2) is 0 Å². The van der Waals surface area contributed by atoms with E-state index in [2.05, 4.69) is 34.3 Å². The van der Waals surface area contributed by atoms with E-state index in [-0.39, 0.29) is 30.3 Å². The lowest BCUT2D eigenvalue weighted by Gasteiger charge is -2.32. The van der Waals surface area contributed by atoms with Crippen molar-refractivity contribution >= 4 is 17.6 Å². The number of likely N-dealkylation sites (tertiary alicyclic amines) is 1. The summed E-state index contributed by atoms with van der Waals surface area (Å²) in [5.41, 5.74) is 2.15. The quantitative estimate of drug-likeness (QED) is 0.739. The molecule has 0 bridgehead atoms. The molecule has 4 rings (SSSR count). The maximum absolute atomic E-state index is 12.6. The summed E-state index contributed by atoms with van der Waals surface area (Å²) in [6.45, 7) is 6.00. The first kappa shape index (κ1) is 21.3. The molecule has 2 amide bonds. The highest BCUT2D eigenvalue weighted by atomic mass is 16.5. The van der Waals surface area contributed by atoms with Gasteiger partial charge in [-0.1, -0.05) is 36.4 Å². The molecule has 2 aromatic rings. The average molecular weight is 423 g/mol. The number of hydrogen-bond acceptors (Lipinski definition) is 5. The third-order valence-corrected chi connectivity index (χ3v) is 5.94. The molecule has 7 nitrogen and oxygen atoms in total. The maximum atomic E-state index is 12.6. The van der Waals surface area contributed by atoms with Crippen molar-refractivity contribution in [1.82, 2.24) is 15.2 Å². The standard InChI is InChI=1S/C24H30N4O3/c1-18-16-27(11-12-31-18)22-8-7-20(14-25-22)15-26-24(30)21-13-23(29)28(17-21)10-9-19-5-3-2-4-6-19/h2-8,14,18,21H,9-13,15-17H2,1H3,(H,26,30). The predicted octanol–water partition coefficient (Wildman–Crippen LogP) is 2.01. The monoisotopic (exact) mass is 422 g/mol. The summed E-state index contributed by atoms with van der Waals surface area (Å²) in [7, 11) is 0. The summed E-state index contributed by atoms with van der Waals surface area (Å²) in [4.78, 5) is 33.5. The highest BCUT2D eigenvalue weighted by molar-refractivity contribution is 5.89. The largest absolute Gasteiger partial charge is 0.375 e. The van der Waals surface area contributed by atoms with Crippen LogP contribution in [0.2, 0.25) is 0 Å². The lowest BCUT2D eigenvalue weighted by molar-refractivity contribution is -0.129. The first-order valence-corrected chi connectivity index (χ1v) is 11.0. The Kier molecular flexibility index (Phi) is 6.82. The number of rotatable bonds is 7. The van der Waals surface area contributed by atoms with Gasteiger partial charge in [-0.3, -0.25) is 9.59 Å². The van der Waals surface area contributed by atoms with Crippen molar-refractivity contribution in [3.05, 3.63) is 59.8 Å². The van der Waals surface area contributed by atoms with Crippen LogP contribution in [0, 0.1) is 5.92 Å². The molecule has 2 saturated heterocycles. The molecule has 1 N–H and O–H groups in total. The SMILES string of the molecule is CC1CN(c2ccc(CNC(=O)C3CC(=O)N(CCc4ccccc4)C3)cn2)CCO1. The number of nitrogens with zero attached hydrogens (tertiary/aromatic N) is 3. The second-order valence-electron chi connectivity index (χ2n) is 8.35. The topological polar surface area (TPSA) is 74.8 Å². The van der Waals surface area contributed by atoms with Crippen molar-refractivity contribution < 1.29 is 14.3 Å². The second-order valence-corrected chi connectivity index (χ2v) is 8.35. The second kappa shape index (κ2) is 9.92. The number of pyridine rings is 1. The maximum Gasteiger partial charge on any atom is 0.225 e. The molecule has 1 aromatic heterocycles. The van der Waals surface area contributed by atoms with Crippen LogP contribution < -0.4 is 10.2 Å². The van der Waals surface area contributed by atoms with Crippen molar-refractivity contribution in [3.8, 4) is 0 Å². The molecule has 0 radical (unpaired) electrons. The van der Waals surface area contributed by atoms with Gasteiger partial charge in [0.2, 0.25) is 11.8 Å². The van der Waals surface area contributed by atoms with Crippen molar-refractivity contribution in [2.45, 2.75) is 32.4 Å². The van der Waals surface area contributed by atoms with Gasteiger partial charge in [0.1, 0.15) is 5.82 Å². The first-order valence-electron chi connectivity index (χ1n) is 11.0. The molecule has 2 aliphatic rings. The minimum absolute atomic E-state index is 0.0573. The number of hydrogen-bond donors (Lipinski definition) is 1. The van der Waals surface area contributed by atoms with Crippen LogP contribution in [0.3, 0.4) is 0 Å². The zero-order chi connectivity index (χ0) is 21.6. The third-order valence-electron chi connectivity index (χ3n) is 5.94. The minimum atomic E-state index is -0.287. The predicted molar refractivity (Wildman–Crippen MR) is 119 cm³/mol. The van der Waals surface area contributed by atoms with E-state index in [1.54, 1.807) is 4.90 Å². The van der Waals surface area contributed by atoms with E-state index in [4.69, 9.17) is 4.74 Å². The number of morpholine rings is 1. The normalized spacial score (nSPS) is 21.4. The fourth-order valence-corrected chi connectivity index (χ4v) is 4.14. The fourth-order valence-electron chi connectivity index (χ4n) is 4.14. The Labute approximate surface area is 183 Å². The molecule has 2 aliphatic heterocycles. The number of benzene rings is 1. The van der Waals surface area contributed by atoms with Crippen molar-refractivity contribution in [1.29, 1.82) is 0 Å². The summed E-state index contributed by atoms with van der Waals surface area (Å²) in [6, 6.07) is 14.1. The van der Waals surface area contributed by atoms with Crippen molar-refractivity contribution in [3.63, 3.8) is 0 Å². The smallest absolute Gasteiger partial charge is 0.225 e. The van der Waals surface area contributed by atoms with Crippen molar-refractivity contribution in [2.24, 2.45) is 5.92 Å². The first-order chi connectivity index (χ1) is 15.1.